The molecule has 0 radical (unpaired) electrons. The molecule has 0 spiro atoms. The number of fused-ring (bicyclic) bond motifs is 2. The maximum absolute atomic E-state index is 12.7. The highest BCUT2D eigenvalue weighted by Gasteiger charge is 2.27. The van der Waals surface area contributed by atoms with E-state index >= 15 is 0 Å². The van der Waals surface area contributed by atoms with Crippen molar-refractivity contribution in [2.45, 2.75) is 36.5 Å². The fourth-order valence-electron chi connectivity index (χ4n) is 3.05. The van der Waals surface area contributed by atoms with Crippen LogP contribution in [0.4, 0.5) is 5.00 Å². The SMILES string of the molecule is C[C@@H](Sc1ncnc2sccc12)C(=O)Nc1sc2c(c1C(N)=O)CCC2. The van der Waals surface area contributed by atoms with Gasteiger partial charge in [0.25, 0.3) is 5.91 Å². The van der Waals surface area contributed by atoms with E-state index < -0.39 is 5.91 Å². The number of rotatable bonds is 5. The average molecular weight is 405 g/mol. The summed E-state index contributed by atoms with van der Waals surface area (Å²) < 4.78 is 0. The lowest BCUT2D eigenvalue weighted by Crippen LogP contribution is -2.24. The standard InChI is InChI=1S/C17H16N4O2S3/c1-8(25-16-10-5-6-24-15(10)19-7-20-16)14(23)21-17-12(13(18)22)9-3-2-4-11(9)26-17/h5-8H,2-4H2,1H3,(H2,18,22)(H,21,23)/t8-/m1/s1. The number of primary amides is 1. The molecule has 0 aromatic carbocycles. The molecule has 0 saturated carbocycles. The van der Waals surface area contributed by atoms with Crippen LogP contribution in [-0.4, -0.2) is 27.0 Å². The van der Waals surface area contributed by atoms with E-state index in [-0.39, 0.29) is 11.2 Å². The van der Waals surface area contributed by atoms with Crippen molar-refractivity contribution in [3.05, 3.63) is 33.8 Å². The topological polar surface area (TPSA) is 98.0 Å². The Morgan fingerprint density at radius 1 is 1.35 bits per heavy atom. The first-order valence-corrected chi connectivity index (χ1v) is 10.7. The Bertz CT molecular complexity index is 1010. The third-order valence-electron chi connectivity index (χ3n) is 4.29. The summed E-state index contributed by atoms with van der Waals surface area (Å²) in [7, 11) is 0. The van der Waals surface area contributed by atoms with Gasteiger partial charge in [0.15, 0.2) is 0 Å². The Kier molecular flexibility index (Phi) is 4.68. The third kappa shape index (κ3) is 3.10. The van der Waals surface area contributed by atoms with Crippen LogP contribution in [0.5, 0.6) is 0 Å². The molecule has 9 heteroatoms. The minimum absolute atomic E-state index is 0.167. The molecule has 3 aromatic heterocycles. The quantitative estimate of drug-likeness (QED) is 0.501. The van der Waals surface area contributed by atoms with Gasteiger partial charge in [-0.3, -0.25) is 9.59 Å². The summed E-state index contributed by atoms with van der Waals surface area (Å²) in [6, 6.07) is 1.96. The zero-order valence-electron chi connectivity index (χ0n) is 13.9. The first kappa shape index (κ1) is 17.4. The Morgan fingerprint density at radius 2 is 2.19 bits per heavy atom. The zero-order chi connectivity index (χ0) is 18.3. The number of anilines is 1. The number of hydrogen-bond donors (Lipinski definition) is 2. The highest BCUT2D eigenvalue weighted by atomic mass is 32.2. The van der Waals surface area contributed by atoms with Crippen molar-refractivity contribution in [1.29, 1.82) is 0 Å². The van der Waals surface area contributed by atoms with E-state index in [4.69, 9.17) is 5.73 Å². The van der Waals surface area contributed by atoms with Crippen LogP contribution in [0.25, 0.3) is 10.2 Å². The van der Waals surface area contributed by atoms with Crippen LogP contribution in [0, 0.1) is 0 Å². The molecule has 1 atom stereocenters. The number of nitrogens with two attached hydrogens (primary N) is 1. The summed E-state index contributed by atoms with van der Waals surface area (Å²) in [4.78, 5) is 35.1. The smallest absolute Gasteiger partial charge is 0.251 e. The van der Waals surface area contributed by atoms with Gasteiger partial charge in [-0.1, -0.05) is 11.8 Å². The molecule has 0 saturated heterocycles. The molecule has 26 heavy (non-hydrogen) atoms. The Morgan fingerprint density at radius 3 is 3.00 bits per heavy atom. The number of nitrogens with zero attached hydrogens (tertiary/aromatic N) is 2. The van der Waals surface area contributed by atoms with Crippen LogP contribution in [0.15, 0.2) is 22.8 Å². The van der Waals surface area contributed by atoms with Gasteiger partial charge in [0, 0.05) is 10.3 Å². The molecule has 3 N–H and O–H groups in total. The maximum atomic E-state index is 12.7. The van der Waals surface area contributed by atoms with Crippen molar-refractivity contribution in [3.63, 3.8) is 0 Å². The van der Waals surface area contributed by atoms with E-state index in [0.717, 1.165) is 44.9 Å². The lowest BCUT2D eigenvalue weighted by atomic mass is 10.1. The number of hydrogen-bond acceptors (Lipinski definition) is 7. The van der Waals surface area contributed by atoms with E-state index in [0.29, 0.717) is 10.6 Å². The third-order valence-corrected chi connectivity index (χ3v) is 7.43. The fraction of sp³-hybridized carbons (Fsp3) is 0.294. The largest absolute Gasteiger partial charge is 0.365 e. The zero-order valence-corrected chi connectivity index (χ0v) is 16.4. The molecule has 0 fully saturated rings. The maximum Gasteiger partial charge on any atom is 0.251 e. The number of thioether (sulfide) groups is 1. The minimum Gasteiger partial charge on any atom is -0.365 e. The van der Waals surface area contributed by atoms with Crippen molar-refractivity contribution in [3.8, 4) is 0 Å². The van der Waals surface area contributed by atoms with Gasteiger partial charge in [-0.05, 0) is 43.2 Å². The van der Waals surface area contributed by atoms with Crippen molar-refractivity contribution < 1.29 is 9.59 Å². The number of aryl methyl sites for hydroxylation is 1. The van der Waals surface area contributed by atoms with Crippen LogP contribution in [0.2, 0.25) is 0 Å². The number of thiophene rings is 2. The Balaban J connectivity index is 1.53. The monoisotopic (exact) mass is 404 g/mol. The minimum atomic E-state index is -0.476. The van der Waals surface area contributed by atoms with Crippen LogP contribution in [-0.2, 0) is 17.6 Å². The molecule has 6 nitrogen and oxygen atoms in total. The van der Waals surface area contributed by atoms with Gasteiger partial charge in [0.2, 0.25) is 5.91 Å². The van der Waals surface area contributed by atoms with Gasteiger partial charge in [-0.15, -0.1) is 22.7 Å². The van der Waals surface area contributed by atoms with E-state index in [9.17, 15) is 9.59 Å². The first-order valence-electron chi connectivity index (χ1n) is 8.14. The molecule has 4 rings (SSSR count). The van der Waals surface area contributed by atoms with Crippen LogP contribution in [0.1, 0.15) is 34.1 Å². The molecule has 0 unspecified atom stereocenters. The van der Waals surface area contributed by atoms with Gasteiger partial charge in [0.1, 0.15) is 21.2 Å². The second-order valence-electron chi connectivity index (χ2n) is 5.99. The number of aromatic nitrogens is 2. The lowest BCUT2D eigenvalue weighted by Gasteiger charge is -2.12. The molecule has 3 aromatic rings. The molecule has 134 valence electrons. The summed E-state index contributed by atoms with van der Waals surface area (Å²) in [5.74, 6) is -0.643. The predicted octanol–water partition coefficient (Wildman–Crippen LogP) is 3.46. The van der Waals surface area contributed by atoms with Crippen LogP contribution >= 0.6 is 34.4 Å². The van der Waals surface area contributed by atoms with E-state index in [1.165, 1.54) is 29.4 Å². The van der Waals surface area contributed by atoms with Gasteiger partial charge >= 0.3 is 0 Å². The normalized spacial score (nSPS) is 14.3. The molecule has 1 aliphatic rings. The number of carbonyl (C=O) groups excluding carboxylic acids is 2. The van der Waals surface area contributed by atoms with Gasteiger partial charge in [0.05, 0.1) is 10.8 Å². The molecule has 0 aliphatic heterocycles. The lowest BCUT2D eigenvalue weighted by molar-refractivity contribution is -0.115. The number of carbonyl (C=O) groups is 2. The van der Waals surface area contributed by atoms with Crippen LogP contribution in [0.3, 0.4) is 0 Å². The summed E-state index contributed by atoms with van der Waals surface area (Å²) >= 11 is 4.39. The van der Waals surface area contributed by atoms with Crippen molar-refractivity contribution >= 4 is 61.5 Å². The van der Waals surface area contributed by atoms with E-state index in [2.05, 4.69) is 15.3 Å². The Hall–Kier alpha value is -1.97. The van der Waals surface area contributed by atoms with Crippen molar-refractivity contribution in [1.82, 2.24) is 9.97 Å². The second kappa shape index (κ2) is 6.98. The van der Waals surface area contributed by atoms with Crippen molar-refractivity contribution in [2.24, 2.45) is 5.73 Å². The molecular weight excluding hydrogens is 388 g/mol. The number of nitrogens with one attached hydrogen (secondary N) is 1. The second-order valence-corrected chi connectivity index (χ2v) is 9.32. The predicted molar refractivity (Wildman–Crippen MR) is 106 cm³/mol. The summed E-state index contributed by atoms with van der Waals surface area (Å²) in [5.41, 5.74) is 7.04. The molecule has 0 bridgehead atoms. The van der Waals surface area contributed by atoms with Gasteiger partial charge in [-0.25, -0.2) is 9.97 Å². The average Bonchev–Trinajstić information content (AvgIpc) is 3.29. The fourth-order valence-corrected chi connectivity index (χ4v) is 6.04. The van der Waals surface area contributed by atoms with Gasteiger partial charge < -0.3 is 11.1 Å². The summed E-state index contributed by atoms with van der Waals surface area (Å²) in [5, 5.41) is 6.80. The highest BCUT2D eigenvalue weighted by Crippen LogP contribution is 2.39. The molecular formula is C17H16N4O2S3. The van der Waals surface area contributed by atoms with E-state index in [1.807, 2.05) is 18.4 Å². The van der Waals surface area contributed by atoms with Crippen molar-refractivity contribution in [2.75, 3.05) is 5.32 Å². The first-order chi connectivity index (χ1) is 12.5. The van der Waals surface area contributed by atoms with Gasteiger partial charge in [-0.2, -0.15) is 0 Å². The van der Waals surface area contributed by atoms with E-state index in [1.54, 1.807) is 11.3 Å². The Labute approximate surface area is 162 Å². The summed E-state index contributed by atoms with van der Waals surface area (Å²) in [6.07, 6.45) is 4.34. The number of amides is 2. The molecule has 3 heterocycles. The van der Waals surface area contributed by atoms with Crippen LogP contribution < -0.4 is 11.1 Å². The molecule has 2 amide bonds. The highest BCUT2D eigenvalue weighted by molar-refractivity contribution is 8.00. The summed E-state index contributed by atoms with van der Waals surface area (Å²) in [6.45, 7) is 1.82. The molecule has 1 aliphatic carbocycles.